The number of carbonyl (C=O) groups is 1. The molecule has 0 aliphatic carbocycles. The molecule has 1 N–H and O–H groups in total. The molecule has 0 saturated heterocycles. The van der Waals surface area contributed by atoms with E-state index in [1.165, 1.54) is 11.8 Å². The monoisotopic (exact) mass is 414 g/mol. The third kappa shape index (κ3) is 4.43. The van der Waals surface area contributed by atoms with E-state index < -0.39 is 0 Å². The molecule has 0 fully saturated rings. The molecule has 0 radical (unpaired) electrons. The van der Waals surface area contributed by atoms with Crippen LogP contribution in [0.15, 0.2) is 59.6 Å². The first-order valence-corrected chi connectivity index (χ1v) is 10.0. The highest BCUT2D eigenvalue weighted by Gasteiger charge is 2.24. The summed E-state index contributed by atoms with van der Waals surface area (Å²) in [6.07, 6.45) is 0. The fourth-order valence-corrected chi connectivity index (χ4v) is 3.72. The molecule has 0 aliphatic heterocycles. The summed E-state index contributed by atoms with van der Waals surface area (Å²) in [5.41, 5.74) is 2.89. The standard InChI is InChI=1S/C23H18N4O2S/c1-15-20(22(28)27-17-6-4-3-5-7-17)21(16-8-10-18(29-2)11-9-16)19(14-25)23(26-15)30-13-12-24/h3-11H,13H2,1-2H3,(H,27,28). The van der Waals surface area contributed by atoms with Gasteiger partial charge in [-0.1, -0.05) is 42.1 Å². The second-order valence-corrected chi connectivity index (χ2v) is 7.20. The Kier molecular flexibility index (Phi) is 6.69. The number of carbonyl (C=O) groups excluding carboxylic acids is 1. The number of amides is 1. The van der Waals surface area contributed by atoms with E-state index in [9.17, 15) is 10.1 Å². The van der Waals surface area contributed by atoms with E-state index in [1.54, 1.807) is 50.4 Å². The molecule has 6 nitrogen and oxygen atoms in total. The van der Waals surface area contributed by atoms with Gasteiger partial charge in [-0.15, -0.1) is 0 Å². The van der Waals surface area contributed by atoms with Crippen molar-refractivity contribution in [3.63, 3.8) is 0 Å². The summed E-state index contributed by atoms with van der Waals surface area (Å²) in [5, 5.41) is 22.2. The van der Waals surface area contributed by atoms with Gasteiger partial charge in [-0.3, -0.25) is 4.79 Å². The van der Waals surface area contributed by atoms with E-state index >= 15 is 0 Å². The number of thioether (sulfide) groups is 1. The van der Waals surface area contributed by atoms with Gasteiger partial charge in [0.1, 0.15) is 16.8 Å². The third-order valence-corrected chi connectivity index (χ3v) is 5.21. The molecule has 1 heterocycles. The summed E-state index contributed by atoms with van der Waals surface area (Å²) < 4.78 is 5.22. The molecule has 0 bridgehead atoms. The second-order valence-electron chi connectivity index (χ2n) is 6.23. The number of benzene rings is 2. The Morgan fingerprint density at radius 3 is 2.43 bits per heavy atom. The van der Waals surface area contributed by atoms with Crippen molar-refractivity contribution in [2.24, 2.45) is 0 Å². The highest BCUT2D eigenvalue weighted by Crippen LogP contribution is 2.35. The number of rotatable bonds is 6. The fourth-order valence-electron chi connectivity index (χ4n) is 3.03. The van der Waals surface area contributed by atoms with E-state index in [-0.39, 0.29) is 17.2 Å². The van der Waals surface area contributed by atoms with Crippen LogP contribution < -0.4 is 10.1 Å². The van der Waals surface area contributed by atoms with Crippen LogP contribution in [0.3, 0.4) is 0 Å². The van der Waals surface area contributed by atoms with Crippen LogP contribution in [0.25, 0.3) is 11.1 Å². The van der Waals surface area contributed by atoms with Gasteiger partial charge in [0.25, 0.3) is 5.91 Å². The van der Waals surface area contributed by atoms with Gasteiger partial charge in [-0.25, -0.2) is 4.98 Å². The molecule has 1 aromatic heterocycles. The van der Waals surface area contributed by atoms with Crippen molar-refractivity contribution in [3.05, 3.63) is 71.4 Å². The van der Waals surface area contributed by atoms with Crippen molar-refractivity contribution < 1.29 is 9.53 Å². The number of hydrogen-bond acceptors (Lipinski definition) is 6. The summed E-state index contributed by atoms with van der Waals surface area (Å²) in [5.74, 6) is 0.460. The lowest BCUT2D eigenvalue weighted by Crippen LogP contribution is -2.17. The van der Waals surface area contributed by atoms with Crippen LogP contribution in [0.2, 0.25) is 0 Å². The van der Waals surface area contributed by atoms with Crippen LogP contribution >= 0.6 is 11.8 Å². The van der Waals surface area contributed by atoms with Crippen LogP contribution in [0.5, 0.6) is 5.75 Å². The van der Waals surface area contributed by atoms with Gasteiger partial charge in [0.2, 0.25) is 0 Å². The van der Waals surface area contributed by atoms with Crippen molar-refractivity contribution in [1.29, 1.82) is 10.5 Å². The zero-order chi connectivity index (χ0) is 21.5. The number of nitrogens with zero attached hydrogens (tertiary/aromatic N) is 3. The zero-order valence-corrected chi connectivity index (χ0v) is 17.3. The number of ether oxygens (including phenoxy) is 1. The molecule has 0 spiro atoms. The Hall–Kier alpha value is -3.81. The Labute approximate surface area is 179 Å². The minimum absolute atomic E-state index is 0.152. The van der Waals surface area contributed by atoms with Gasteiger partial charge in [-0.05, 0) is 36.8 Å². The first-order valence-electron chi connectivity index (χ1n) is 9.04. The molecule has 1 amide bonds. The van der Waals surface area contributed by atoms with Gasteiger partial charge in [-0.2, -0.15) is 10.5 Å². The molecular weight excluding hydrogens is 396 g/mol. The third-order valence-electron chi connectivity index (χ3n) is 4.37. The minimum atomic E-state index is -0.356. The molecule has 3 rings (SSSR count). The molecule has 2 aromatic carbocycles. The average Bonchev–Trinajstić information content (AvgIpc) is 2.77. The quantitative estimate of drug-likeness (QED) is 0.582. The number of aromatic nitrogens is 1. The minimum Gasteiger partial charge on any atom is -0.497 e. The Balaban J connectivity index is 2.20. The molecule has 0 aliphatic rings. The lowest BCUT2D eigenvalue weighted by molar-refractivity contribution is 0.102. The lowest BCUT2D eigenvalue weighted by Gasteiger charge is -2.17. The molecular formula is C23H18N4O2S. The molecule has 0 saturated carbocycles. The second kappa shape index (κ2) is 9.60. The Morgan fingerprint density at radius 1 is 1.13 bits per heavy atom. The first kappa shape index (κ1) is 20.9. The van der Waals surface area contributed by atoms with Gasteiger partial charge in [0, 0.05) is 11.3 Å². The molecule has 0 atom stereocenters. The van der Waals surface area contributed by atoms with Gasteiger partial charge in [0.05, 0.1) is 35.8 Å². The zero-order valence-electron chi connectivity index (χ0n) is 16.5. The smallest absolute Gasteiger partial charge is 0.258 e. The summed E-state index contributed by atoms with van der Waals surface area (Å²) in [4.78, 5) is 17.7. The van der Waals surface area contributed by atoms with Crippen molar-refractivity contribution in [1.82, 2.24) is 4.98 Å². The molecule has 3 aromatic rings. The maximum absolute atomic E-state index is 13.2. The highest BCUT2D eigenvalue weighted by atomic mass is 32.2. The number of anilines is 1. The predicted molar refractivity (Wildman–Crippen MR) is 116 cm³/mol. The summed E-state index contributed by atoms with van der Waals surface area (Å²) >= 11 is 1.18. The summed E-state index contributed by atoms with van der Waals surface area (Å²) in [6, 6.07) is 20.5. The Morgan fingerprint density at radius 2 is 1.83 bits per heavy atom. The number of para-hydroxylation sites is 1. The molecule has 7 heteroatoms. The van der Waals surface area contributed by atoms with E-state index in [0.717, 1.165) is 0 Å². The van der Waals surface area contributed by atoms with Crippen LogP contribution in [-0.4, -0.2) is 23.8 Å². The average molecular weight is 414 g/mol. The number of methoxy groups -OCH3 is 1. The molecule has 30 heavy (non-hydrogen) atoms. The van der Waals surface area contributed by atoms with E-state index in [0.29, 0.717) is 38.8 Å². The van der Waals surface area contributed by atoms with Crippen molar-refractivity contribution >= 4 is 23.4 Å². The number of pyridine rings is 1. The maximum Gasteiger partial charge on any atom is 0.258 e. The molecule has 0 unspecified atom stereocenters. The first-order chi connectivity index (χ1) is 14.6. The SMILES string of the molecule is COc1ccc(-c2c(C#N)c(SCC#N)nc(C)c2C(=O)Nc2ccccc2)cc1. The number of nitriles is 2. The number of hydrogen-bond donors (Lipinski definition) is 1. The van der Waals surface area contributed by atoms with Crippen LogP contribution in [0.1, 0.15) is 21.6 Å². The van der Waals surface area contributed by atoms with Crippen LogP contribution in [0, 0.1) is 29.6 Å². The van der Waals surface area contributed by atoms with Crippen molar-refractivity contribution in [2.75, 3.05) is 18.2 Å². The fraction of sp³-hybridized carbons (Fsp3) is 0.130. The Bertz CT molecular complexity index is 1150. The van der Waals surface area contributed by atoms with Crippen LogP contribution in [0.4, 0.5) is 5.69 Å². The number of aryl methyl sites for hydroxylation is 1. The van der Waals surface area contributed by atoms with E-state index in [4.69, 9.17) is 10.00 Å². The normalized spacial score (nSPS) is 10.0. The predicted octanol–water partition coefficient (Wildman–Crippen LogP) is 4.81. The van der Waals surface area contributed by atoms with Crippen molar-refractivity contribution in [2.45, 2.75) is 11.9 Å². The summed E-state index contributed by atoms with van der Waals surface area (Å²) in [7, 11) is 1.57. The van der Waals surface area contributed by atoms with E-state index in [2.05, 4.69) is 16.4 Å². The topological polar surface area (TPSA) is 98.8 Å². The molecule has 148 valence electrons. The lowest BCUT2D eigenvalue weighted by atomic mass is 9.94. The summed E-state index contributed by atoms with van der Waals surface area (Å²) in [6.45, 7) is 1.73. The van der Waals surface area contributed by atoms with Crippen molar-refractivity contribution in [3.8, 4) is 29.0 Å². The largest absolute Gasteiger partial charge is 0.497 e. The maximum atomic E-state index is 13.2. The van der Waals surface area contributed by atoms with E-state index in [1.807, 2.05) is 24.3 Å². The highest BCUT2D eigenvalue weighted by molar-refractivity contribution is 7.99. The van der Waals surface area contributed by atoms with Gasteiger partial charge < -0.3 is 10.1 Å². The number of nitrogens with one attached hydrogen (secondary N) is 1. The van der Waals surface area contributed by atoms with Crippen LogP contribution in [-0.2, 0) is 0 Å². The van der Waals surface area contributed by atoms with Gasteiger partial charge >= 0.3 is 0 Å². The van der Waals surface area contributed by atoms with Gasteiger partial charge in [0.15, 0.2) is 0 Å².